The number of hydrogen-bond donors (Lipinski definition) is 1. The Morgan fingerprint density at radius 1 is 1.20 bits per heavy atom. The van der Waals surface area contributed by atoms with Gasteiger partial charge < -0.3 is 15.0 Å². The number of piperazine rings is 1. The van der Waals surface area contributed by atoms with Gasteiger partial charge in [0.05, 0.1) is 6.04 Å². The van der Waals surface area contributed by atoms with Gasteiger partial charge in [0.15, 0.2) is 6.61 Å². The fraction of sp³-hybridized carbons (Fsp3) is 0.421. The Balaban J connectivity index is 1.52. The average molecular weight is 359 g/mol. The molecular weight excluding hydrogens is 334 g/mol. The van der Waals surface area contributed by atoms with Crippen LogP contribution >= 0.6 is 11.3 Å². The first-order valence-electron chi connectivity index (χ1n) is 8.61. The summed E-state index contributed by atoms with van der Waals surface area (Å²) in [6.45, 7) is 4.82. The summed E-state index contributed by atoms with van der Waals surface area (Å²) in [6, 6.07) is 11.8. The molecule has 0 unspecified atom stereocenters. The number of ether oxygens (including phenoxy) is 1. The van der Waals surface area contributed by atoms with Gasteiger partial charge in [-0.15, -0.1) is 0 Å². The molecule has 1 aromatic heterocycles. The zero-order valence-electron chi connectivity index (χ0n) is 14.6. The van der Waals surface area contributed by atoms with Crippen LogP contribution in [0.15, 0.2) is 47.2 Å². The van der Waals surface area contributed by atoms with E-state index in [9.17, 15) is 4.79 Å². The lowest BCUT2D eigenvalue weighted by Crippen LogP contribution is -2.48. The molecule has 1 aromatic carbocycles. The van der Waals surface area contributed by atoms with Gasteiger partial charge in [-0.05, 0) is 41.6 Å². The minimum absolute atomic E-state index is 0.0448. The molecular formula is C19H25N3O2S. The quantitative estimate of drug-likeness (QED) is 0.823. The van der Waals surface area contributed by atoms with Crippen LogP contribution in [0.1, 0.15) is 11.6 Å². The highest BCUT2D eigenvalue weighted by Gasteiger charge is 2.24. The fourth-order valence-electron chi connectivity index (χ4n) is 2.98. The van der Waals surface area contributed by atoms with Crippen LogP contribution in [0.4, 0.5) is 0 Å². The summed E-state index contributed by atoms with van der Waals surface area (Å²) in [4.78, 5) is 17.0. The molecule has 2 aromatic rings. The Labute approximate surface area is 153 Å². The number of thiophene rings is 1. The molecule has 0 bridgehead atoms. The van der Waals surface area contributed by atoms with Crippen molar-refractivity contribution in [2.75, 3.05) is 46.4 Å². The van der Waals surface area contributed by atoms with E-state index in [-0.39, 0.29) is 18.6 Å². The van der Waals surface area contributed by atoms with E-state index >= 15 is 0 Å². The minimum atomic E-state index is -0.0850. The maximum atomic E-state index is 12.2. The molecule has 25 heavy (non-hydrogen) atoms. The topological polar surface area (TPSA) is 44.8 Å². The first-order chi connectivity index (χ1) is 12.2. The van der Waals surface area contributed by atoms with Crippen molar-refractivity contribution in [3.8, 4) is 5.75 Å². The van der Waals surface area contributed by atoms with Crippen LogP contribution in [0.25, 0.3) is 0 Å². The number of rotatable bonds is 7. The van der Waals surface area contributed by atoms with Crippen molar-refractivity contribution in [2.45, 2.75) is 6.04 Å². The summed E-state index contributed by atoms with van der Waals surface area (Å²) < 4.78 is 5.52. The second-order valence-corrected chi connectivity index (χ2v) is 7.10. The van der Waals surface area contributed by atoms with Crippen LogP contribution in [0.5, 0.6) is 5.75 Å². The molecule has 1 atom stereocenters. The van der Waals surface area contributed by atoms with Crippen LogP contribution in [0.2, 0.25) is 0 Å². The van der Waals surface area contributed by atoms with Crippen LogP contribution in [0.3, 0.4) is 0 Å². The number of hydrogen-bond acceptors (Lipinski definition) is 5. The van der Waals surface area contributed by atoms with E-state index in [1.165, 1.54) is 5.56 Å². The van der Waals surface area contributed by atoms with Crippen LogP contribution in [0, 0.1) is 0 Å². The van der Waals surface area contributed by atoms with Gasteiger partial charge in [0.1, 0.15) is 5.75 Å². The maximum absolute atomic E-state index is 12.2. The molecule has 1 saturated heterocycles. The van der Waals surface area contributed by atoms with E-state index in [1.54, 1.807) is 11.3 Å². The highest BCUT2D eigenvalue weighted by atomic mass is 32.1. The second-order valence-electron chi connectivity index (χ2n) is 6.32. The van der Waals surface area contributed by atoms with Crippen molar-refractivity contribution in [3.63, 3.8) is 0 Å². The van der Waals surface area contributed by atoms with Crippen LogP contribution in [-0.4, -0.2) is 62.1 Å². The van der Waals surface area contributed by atoms with Crippen molar-refractivity contribution >= 4 is 17.2 Å². The van der Waals surface area contributed by atoms with Crippen molar-refractivity contribution in [1.82, 2.24) is 15.1 Å². The number of likely N-dealkylation sites (N-methyl/N-ethyl adjacent to an activating group) is 1. The molecule has 3 rings (SSSR count). The predicted octanol–water partition coefficient (Wildman–Crippen LogP) is 2.23. The van der Waals surface area contributed by atoms with Crippen molar-refractivity contribution in [2.24, 2.45) is 0 Å². The van der Waals surface area contributed by atoms with E-state index in [0.29, 0.717) is 12.3 Å². The van der Waals surface area contributed by atoms with Gasteiger partial charge in [0, 0.05) is 32.7 Å². The largest absolute Gasteiger partial charge is 0.484 e. The third-order valence-corrected chi connectivity index (χ3v) is 5.21. The summed E-state index contributed by atoms with van der Waals surface area (Å²) in [5.74, 6) is 0.629. The predicted molar refractivity (Wildman–Crippen MR) is 101 cm³/mol. The molecule has 0 aliphatic carbocycles. The van der Waals surface area contributed by atoms with Crippen LogP contribution in [-0.2, 0) is 4.79 Å². The van der Waals surface area contributed by atoms with Crippen molar-refractivity contribution in [1.29, 1.82) is 0 Å². The SMILES string of the molecule is CN1CCN([C@H](CNC(=O)COc2ccccc2)c2ccsc2)CC1. The number of nitrogens with zero attached hydrogens (tertiary/aromatic N) is 2. The van der Waals surface area contributed by atoms with E-state index in [2.05, 4.69) is 39.0 Å². The van der Waals surface area contributed by atoms with Gasteiger partial charge in [0.25, 0.3) is 5.91 Å². The highest BCUT2D eigenvalue weighted by Crippen LogP contribution is 2.23. The number of para-hydroxylation sites is 1. The third-order valence-electron chi connectivity index (χ3n) is 4.51. The molecule has 6 heteroatoms. The fourth-order valence-corrected chi connectivity index (χ4v) is 3.69. The van der Waals surface area contributed by atoms with Gasteiger partial charge in [-0.3, -0.25) is 9.69 Å². The third kappa shape index (κ3) is 5.29. The molecule has 5 nitrogen and oxygen atoms in total. The number of amides is 1. The number of nitrogens with one attached hydrogen (secondary N) is 1. The summed E-state index contributed by atoms with van der Waals surface area (Å²) in [7, 11) is 2.15. The van der Waals surface area contributed by atoms with E-state index in [4.69, 9.17) is 4.74 Å². The zero-order chi connectivity index (χ0) is 17.5. The highest BCUT2D eigenvalue weighted by molar-refractivity contribution is 7.07. The Bertz CT molecular complexity index is 640. The lowest BCUT2D eigenvalue weighted by atomic mass is 10.1. The average Bonchev–Trinajstić information content (AvgIpc) is 3.17. The van der Waals surface area contributed by atoms with E-state index in [0.717, 1.165) is 26.2 Å². The lowest BCUT2D eigenvalue weighted by Gasteiger charge is -2.38. The van der Waals surface area contributed by atoms with Gasteiger partial charge in [-0.2, -0.15) is 11.3 Å². The first-order valence-corrected chi connectivity index (χ1v) is 9.56. The minimum Gasteiger partial charge on any atom is -0.484 e. The van der Waals surface area contributed by atoms with Gasteiger partial charge in [-0.1, -0.05) is 18.2 Å². The summed E-state index contributed by atoms with van der Waals surface area (Å²) in [5, 5.41) is 7.31. The number of carbonyl (C=O) groups excluding carboxylic acids is 1. The molecule has 1 N–H and O–H groups in total. The molecule has 0 spiro atoms. The molecule has 2 heterocycles. The molecule has 1 amide bonds. The summed E-state index contributed by atoms with van der Waals surface area (Å²) >= 11 is 1.70. The van der Waals surface area contributed by atoms with Gasteiger partial charge >= 0.3 is 0 Å². The normalized spacial score (nSPS) is 17.2. The second kappa shape index (κ2) is 8.99. The zero-order valence-corrected chi connectivity index (χ0v) is 15.4. The van der Waals surface area contributed by atoms with E-state index in [1.807, 2.05) is 30.3 Å². The first kappa shape index (κ1) is 17.9. The maximum Gasteiger partial charge on any atom is 0.258 e. The van der Waals surface area contributed by atoms with Crippen LogP contribution < -0.4 is 10.1 Å². The number of benzene rings is 1. The summed E-state index contributed by atoms with van der Waals surface area (Å²) in [5.41, 5.74) is 1.28. The lowest BCUT2D eigenvalue weighted by molar-refractivity contribution is -0.123. The van der Waals surface area contributed by atoms with E-state index < -0.39 is 0 Å². The molecule has 1 fully saturated rings. The Morgan fingerprint density at radius 3 is 2.64 bits per heavy atom. The molecule has 1 aliphatic rings. The monoisotopic (exact) mass is 359 g/mol. The molecule has 0 radical (unpaired) electrons. The standard InChI is InChI=1S/C19H25N3O2S/c1-21-8-10-22(11-9-21)18(16-7-12-25-15-16)13-20-19(23)14-24-17-5-3-2-4-6-17/h2-7,12,15,18H,8-11,13-14H2,1H3,(H,20,23)/t18-/m1/s1. The number of carbonyl (C=O) groups is 1. The van der Waals surface area contributed by atoms with Crippen molar-refractivity contribution in [3.05, 3.63) is 52.7 Å². The Morgan fingerprint density at radius 2 is 1.96 bits per heavy atom. The Hall–Kier alpha value is -1.89. The van der Waals surface area contributed by atoms with Crippen molar-refractivity contribution < 1.29 is 9.53 Å². The molecule has 0 saturated carbocycles. The summed E-state index contributed by atoms with van der Waals surface area (Å²) in [6.07, 6.45) is 0. The Kier molecular flexibility index (Phi) is 6.44. The van der Waals surface area contributed by atoms with Gasteiger partial charge in [-0.25, -0.2) is 0 Å². The van der Waals surface area contributed by atoms with Gasteiger partial charge in [0.2, 0.25) is 0 Å². The molecule has 1 aliphatic heterocycles. The smallest absolute Gasteiger partial charge is 0.258 e. The molecule has 134 valence electrons.